The van der Waals surface area contributed by atoms with Crippen LogP contribution in [0.2, 0.25) is 0 Å². The maximum atomic E-state index is 5.78. The van der Waals surface area contributed by atoms with Gasteiger partial charge in [-0.1, -0.05) is 25.2 Å². The van der Waals surface area contributed by atoms with E-state index in [1.165, 1.54) is 25.9 Å². The van der Waals surface area contributed by atoms with Crippen LogP contribution in [0.4, 0.5) is 0 Å². The molecule has 0 aliphatic carbocycles. The Hall–Kier alpha value is -1.50. The SMILES string of the molecule is CCC1CCN(CCOc2ccc(C#CCN)cc2)C1. The molecule has 0 bridgehead atoms. The normalized spacial score (nSPS) is 18.6. The number of ether oxygens (including phenoxy) is 1. The fourth-order valence-electron chi connectivity index (χ4n) is 2.53. The number of rotatable bonds is 5. The second-order valence-corrected chi connectivity index (χ2v) is 5.24. The number of hydrogen-bond acceptors (Lipinski definition) is 3. The number of benzene rings is 1. The number of hydrogen-bond donors (Lipinski definition) is 1. The molecule has 1 aliphatic rings. The second kappa shape index (κ2) is 7.94. The molecule has 20 heavy (non-hydrogen) atoms. The van der Waals surface area contributed by atoms with Gasteiger partial charge in [-0.3, -0.25) is 4.90 Å². The van der Waals surface area contributed by atoms with Crippen molar-refractivity contribution in [3.05, 3.63) is 29.8 Å². The minimum Gasteiger partial charge on any atom is -0.492 e. The number of nitrogens with two attached hydrogens (primary N) is 1. The van der Waals surface area contributed by atoms with Gasteiger partial charge in [0.1, 0.15) is 12.4 Å². The van der Waals surface area contributed by atoms with E-state index >= 15 is 0 Å². The van der Waals surface area contributed by atoms with E-state index in [1.54, 1.807) is 0 Å². The molecule has 0 aromatic heterocycles. The topological polar surface area (TPSA) is 38.5 Å². The molecule has 1 aromatic rings. The number of nitrogens with zero attached hydrogens (tertiary/aromatic N) is 1. The molecule has 2 rings (SSSR count). The van der Waals surface area contributed by atoms with Crippen LogP contribution in [0.5, 0.6) is 5.75 Å². The van der Waals surface area contributed by atoms with E-state index in [0.717, 1.165) is 30.4 Å². The van der Waals surface area contributed by atoms with Gasteiger partial charge in [-0.25, -0.2) is 0 Å². The Morgan fingerprint density at radius 2 is 2.15 bits per heavy atom. The highest BCUT2D eigenvalue weighted by Crippen LogP contribution is 2.18. The van der Waals surface area contributed by atoms with Crippen molar-refractivity contribution in [1.29, 1.82) is 0 Å². The predicted molar refractivity (Wildman–Crippen MR) is 82.7 cm³/mol. The van der Waals surface area contributed by atoms with Crippen LogP contribution < -0.4 is 10.5 Å². The van der Waals surface area contributed by atoms with Crippen LogP contribution in [0.15, 0.2) is 24.3 Å². The fourth-order valence-corrected chi connectivity index (χ4v) is 2.53. The zero-order chi connectivity index (χ0) is 14.2. The molecule has 1 aliphatic heterocycles. The van der Waals surface area contributed by atoms with Gasteiger partial charge in [-0.2, -0.15) is 0 Å². The summed E-state index contributed by atoms with van der Waals surface area (Å²) < 4.78 is 5.78. The zero-order valence-electron chi connectivity index (χ0n) is 12.3. The Morgan fingerprint density at radius 3 is 2.80 bits per heavy atom. The highest BCUT2D eigenvalue weighted by molar-refractivity contribution is 5.38. The summed E-state index contributed by atoms with van der Waals surface area (Å²) in [5.41, 5.74) is 6.33. The molecule has 108 valence electrons. The van der Waals surface area contributed by atoms with Gasteiger partial charge in [0.05, 0.1) is 6.54 Å². The molecule has 1 atom stereocenters. The van der Waals surface area contributed by atoms with Crippen LogP contribution in [0, 0.1) is 17.8 Å². The van der Waals surface area contributed by atoms with E-state index < -0.39 is 0 Å². The van der Waals surface area contributed by atoms with Crippen molar-refractivity contribution in [2.75, 3.05) is 32.8 Å². The summed E-state index contributed by atoms with van der Waals surface area (Å²) in [5, 5.41) is 0. The Morgan fingerprint density at radius 1 is 1.35 bits per heavy atom. The first-order valence-electron chi connectivity index (χ1n) is 7.46. The summed E-state index contributed by atoms with van der Waals surface area (Å²) in [6.45, 7) is 6.89. The van der Waals surface area contributed by atoms with Crippen LogP contribution in [0.3, 0.4) is 0 Å². The number of likely N-dealkylation sites (tertiary alicyclic amines) is 1. The molecular weight excluding hydrogens is 248 g/mol. The van der Waals surface area contributed by atoms with E-state index in [-0.39, 0.29) is 0 Å². The quantitative estimate of drug-likeness (QED) is 0.834. The first-order valence-corrected chi connectivity index (χ1v) is 7.46. The van der Waals surface area contributed by atoms with Gasteiger partial charge < -0.3 is 10.5 Å². The molecule has 3 heteroatoms. The van der Waals surface area contributed by atoms with Crippen LogP contribution >= 0.6 is 0 Å². The Bertz CT molecular complexity index is 458. The molecule has 0 radical (unpaired) electrons. The average Bonchev–Trinajstić information content (AvgIpc) is 2.94. The van der Waals surface area contributed by atoms with Crippen molar-refractivity contribution in [1.82, 2.24) is 4.90 Å². The monoisotopic (exact) mass is 272 g/mol. The van der Waals surface area contributed by atoms with Gasteiger partial charge in [0.2, 0.25) is 0 Å². The molecule has 0 amide bonds. The lowest BCUT2D eigenvalue weighted by Gasteiger charge is -2.16. The minimum atomic E-state index is 0.396. The Balaban J connectivity index is 1.72. The largest absolute Gasteiger partial charge is 0.492 e. The summed E-state index contributed by atoms with van der Waals surface area (Å²) in [6.07, 6.45) is 2.63. The van der Waals surface area contributed by atoms with Gasteiger partial charge in [0, 0.05) is 18.7 Å². The predicted octanol–water partition coefficient (Wildman–Crippen LogP) is 2.11. The smallest absolute Gasteiger partial charge is 0.119 e. The van der Waals surface area contributed by atoms with Gasteiger partial charge in [0.15, 0.2) is 0 Å². The maximum Gasteiger partial charge on any atom is 0.119 e. The average molecular weight is 272 g/mol. The van der Waals surface area contributed by atoms with Crippen LogP contribution in [-0.4, -0.2) is 37.7 Å². The van der Waals surface area contributed by atoms with E-state index in [2.05, 4.69) is 23.7 Å². The molecule has 1 heterocycles. The summed E-state index contributed by atoms with van der Waals surface area (Å²) >= 11 is 0. The first-order chi connectivity index (χ1) is 9.81. The standard InChI is InChI=1S/C17H24N2O/c1-2-15-9-11-19(14-15)12-13-20-17-7-5-16(6-8-17)4-3-10-18/h5-8,15H,2,9-14,18H2,1H3. The molecule has 1 unspecified atom stereocenters. The van der Waals surface area contributed by atoms with Crippen molar-refractivity contribution in [3.8, 4) is 17.6 Å². The van der Waals surface area contributed by atoms with Gasteiger partial charge in [-0.15, -0.1) is 0 Å². The minimum absolute atomic E-state index is 0.396. The summed E-state index contributed by atoms with van der Waals surface area (Å²) in [5.74, 6) is 7.65. The maximum absolute atomic E-state index is 5.78. The fraction of sp³-hybridized carbons (Fsp3) is 0.529. The molecule has 2 N–H and O–H groups in total. The summed E-state index contributed by atoms with van der Waals surface area (Å²) in [6, 6.07) is 7.89. The van der Waals surface area contributed by atoms with Gasteiger partial charge >= 0.3 is 0 Å². The van der Waals surface area contributed by atoms with Crippen molar-refractivity contribution < 1.29 is 4.74 Å². The van der Waals surface area contributed by atoms with Gasteiger partial charge in [-0.05, 0) is 43.1 Å². The van der Waals surface area contributed by atoms with E-state index in [0.29, 0.717) is 6.54 Å². The van der Waals surface area contributed by atoms with E-state index in [1.807, 2.05) is 24.3 Å². The van der Waals surface area contributed by atoms with Crippen molar-refractivity contribution in [2.45, 2.75) is 19.8 Å². The van der Waals surface area contributed by atoms with Crippen molar-refractivity contribution in [3.63, 3.8) is 0 Å². The van der Waals surface area contributed by atoms with Crippen LogP contribution in [-0.2, 0) is 0 Å². The van der Waals surface area contributed by atoms with Crippen LogP contribution in [0.25, 0.3) is 0 Å². The second-order valence-electron chi connectivity index (χ2n) is 5.24. The molecule has 0 saturated carbocycles. The Kier molecular flexibility index (Phi) is 5.91. The summed E-state index contributed by atoms with van der Waals surface area (Å²) in [7, 11) is 0. The molecular formula is C17H24N2O. The van der Waals surface area contributed by atoms with Crippen molar-refractivity contribution >= 4 is 0 Å². The third-order valence-electron chi connectivity index (χ3n) is 3.81. The first kappa shape index (κ1) is 14.9. The van der Waals surface area contributed by atoms with E-state index in [4.69, 9.17) is 10.5 Å². The highest BCUT2D eigenvalue weighted by Gasteiger charge is 2.20. The Labute approximate surface area is 122 Å². The molecule has 1 saturated heterocycles. The molecule has 1 fully saturated rings. The van der Waals surface area contributed by atoms with Gasteiger partial charge in [0.25, 0.3) is 0 Å². The lowest BCUT2D eigenvalue weighted by atomic mass is 10.1. The lowest BCUT2D eigenvalue weighted by molar-refractivity contribution is 0.232. The summed E-state index contributed by atoms with van der Waals surface area (Å²) in [4.78, 5) is 2.50. The molecule has 3 nitrogen and oxygen atoms in total. The molecule has 1 aromatic carbocycles. The third kappa shape index (κ3) is 4.56. The highest BCUT2D eigenvalue weighted by atomic mass is 16.5. The third-order valence-corrected chi connectivity index (χ3v) is 3.81. The van der Waals surface area contributed by atoms with E-state index in [9.17, 15) is 0 Å². The molecule has 0 spiro atoms. The van der Waals surface area contributed by atoms with Crippen LogP contribution in [0.1, 0.15) is 25.3 Å². The van der Waals surface area contributed by atoms with Crippen molar-refractivity contribution in [2.24, 2.45) is 11.7 Å². The zero-order valence-corrected chi connectivity index (χ0v) is 12.3. The lowest BCUT2D eigenvalue weighted by Crippen LogP contribution is -2.26.